The maximum Gasteiger partial charge on any atom is 0.320 e. The topological polar surface area (TPSA) is 122 Å². The van der Waals surface area contributed by atoms with Crippen LogP contribution in [0.5, 0.6) is 0 Å². The lowest BCUT2D eigenvalue weighted by molar-refractivity contribution is -0.138. The molecule has 0 unspecified atom stereocenters. The van der Waals surface area contributed by atoms with Gasteiger partial charge in [-0.25, -0.2) is 4.98 Å². The molecule has 4 rings (SSSR count). The highest BCUT2D eigenvalue weighted by Gasteiger charge is 2.20. The van der Waals surface area contributed by atoms with E-state index in [0.717, 1.165) is 59.5 Å². The van der Waals surface area contributed by atoms with Gasteiger partial charge in [-0.05, 0) is 30.2 Å². The number of nitrogen functional groups attached to an aromatic ring is 1. The summed E-state index contributed by atoms with van der Waals surface area (Å²) < 4.78 is 0. The van der Waals surface area contributed by atoms with E-state index in [-0.39, 0.29) is 12.4 Å². The summed E-state index contributed by atoms with van der Waals surface area (Å²) in [4.78, 5) is 24.3. The average molecular weight is 453 g/mol. The zero-order chi connectivity index (χ0) is 22.7. The minimum absolute atomic E-state index is 0.215. The Kier molecular flexibility index (Phi) is 6.43. The van der Waals surface area contributed by atoms with Crippen molar-refractivity contribution in [3.63, 3.8) is 0 Å². The van der Waals surface area contributed by atoms with Crippen LogP contribution in [-0.4, -0.2) is 53.3 Å². The molecule has 166 valence electrons. The third kappa shape index (κ3) is 5.09. The van der Waals surface area contributed by atoms with Crippen LogP contribution in [0.1, 0.15) is 5.56 Å². The fourth-order valence-electron chi connectivity index (χ4n) is 3.78. The molecule has 1 fully saturated rings. The summed E-state index contributed by atoms with van der Waals surface area (Å²) in [5.41, 5.74) is 15.2. The maximum absolute atomic E-state index is 11.0. The number of anilines is 3. The Morgan fingerprint density at radius 2 is 1.72 bits per heavy atom. The summed E-state index contributed by atoms with van der Waals surface area (Å²) in [7, 11) is 0. The van der Waals surface area contributed by atoms with Crippen molar-refractivity contribution in [2.24, 2.45) is 5.73 Å². The standard InChI is InChI=1S/C23H25ClN6O2/c24-17-2-1-3-18(13-17)29-8-10-30(11-9-29)21-14-20(27-23(26)28-21)16-6-4-15(5-7-16)12-19(25)22(31)32/h1-7,13-14,19H,8-12,25H2,(H,31,32)(H2,26,27,28)/t19-/m0/s1. The van der Waals surface area contributed by atoms with Crippen molar-refractivity contribution in [3.8, 4) is 11.3 Å². The van der Waals surface area contributed by atoms with Crippen molar-refractivity contribution in [1.29, 1.82) is 0 Å². The minimum atomic E-state index is -1.02. The second-order valence-electron chi connectivity index (χ2n) is 7.77. The van der Waals surface area contributed by atoms with E-state index in [1.165, 1.54) is 0 Å². The first-order valence-electron chi connectivity index (χ1n) is 10.4. The van der Waals surface area contributed by atoms with Crippen LogP contribution in [0.25, 0.3) is 11.3 Å². The number of benzene rings is 2. The number of rotatable bonds is 6. The lowest BCUT2D eigenvalue weighted by atomic mass is 10.0. The number of nitrogens with zero attached hydrogens (tertiary/aromatic N) is 4. The van der Waals surface area contributed by atoms with E-state index >= 15 is 0 Å². The molecule has 0 saturated carbocycles. The van der Waals surface area contributed by atoms with Crippen molar-refractivity contribution in [1.82, 2.24) is 9.97 Å². The number of piperazine rings is 1. The molecule has 0 amide bonds. The van der Waals surface area contributed by atoms with Gasteiger partial charge in [-0.2, -0.15) is 4.98 Å². The summed E-state index contributed by atoms with van der Waals surface area (Å²) >= 11 is 6.13. The van der Waals surface area contributed by atoms with Gasteiger partial charge >= 0.3 is 5.97 Å². The molecule has 9 heteroatoms. The Bertz CT molecular complexity index is 1100. The predicted octanol–water partition coefficient (Wildman–Crippen LogP) is 2.66. The lowest BCUT2D eigenvalue weighted by Crippen LogP contribution is -2.46. The van der Waals surface area contributed by atoms with Gasteiger partial charge in [0.05, 0.1) is 5.69 Å². The number of hydrogen-bond donors (Lipinski definition) is 3. The fraction of sp³-hybridized carbons (Fsp3) is 0.261. The predicted molar refractivity (Wildman–Crippen MR) is 127 cm³/mol. The molecule has 3 aromatic rings. The van der Waals surface area contributed by atoms with Gasteiger partial charge in [0, 0.05) is 48.5 Å². The fourth-order valence-corrected chi connectivity index (χ4v) is 3.97. The monoisotopic (exact) mass is 452 g/mol. The van der Waals surface area contributed by atoms with Gasteiger partial charge in [-0.3, -0.25) is 4.79 Å². The second kappa shape index (κ2) is 9.42. The highest BCUT2D eigenvalue weighted by Crippen LogP contribution is 2.26. The molecule has 0 spiro atoms. The number of halogens is 1. The van der Waals surface area contributed by atoms with Crippen LogP contribution >= 0.6 is 11.6 Å². The van der Waals surface area contributed by atoms with Crippen molar-refractivity contribution in [2.45, 2.75) is 12.5 Å². The van der Waals surface area contributed by atoms with Crippen molar-refractivity contribution in [2.75, 3.05) is 41.7 Å². The van der Waals surface area contributed by atoms with Gasteiger partial charge in [-0.15, -0.1) is 0 Å². The summed E-state index contributed by atoms with van der Waals surface area (Å²) in [6, 6.07) is 16.4. The van der Waals surface area contributed by atoms with Gasteiger partial charge in [0.1, 0.15) is 11.9 Å². The zero-order valence-corrected chi connectivity index (χ0v) is 18.2. The van der Waals surface area contributed by atoms with Crippen LogP contribution in [0.15, 0.2) is 54.6 Å². The van der Waals surface area contributed by atoms with E-state index in [2.05, 4.69) is 25.8 Å². The van der Waals surface area contributed by atoms with Gasteiger partial charge in [0.25, 0.3) is 0 Å². The van der Waals surface area contributed by atoms with Gasteiger partial charge in [-0.1, -0.05) is 41.9 Å². The summed E-state index contributed by atoms with van der Waals surface area (Å²) in [6.07, 6.45) is 0.268. The highest BCUT2D eigenvalue weighted by molar-refractivity contribution is 6.30. The van der Waals surface area contributed by atoms with Crippen LogP contribution in [0, 0.1) is 0 Å². The Morgan fingerprint density at radius 3 is 2.38 bits per heavy atom. The molecule has 1 aliphatic heterocycles. The SMILES string of the molecule is Nc1nc(-c2ccc(C[C@H](N)C(=O)O)cc2)cc(N2CCN(c3cccc(Cl)c3)CC2)n1. The molecule has 1 aliphatic rings. The average Bonchev–Trinajstić information content (AvgIpc) is 2.79. The molecule has 0 aliphatic carbocycles. The quantitative estimate of drug-likeness (QED) is 0.521. The maximum atomic E-state index is 11.0. The van der Waals surface area contributed by atoms with Crippen LogP contribution in [0.2, 0.25) is 5.02 Å². The van der Waals surface area contributed by atoms with Gasteiger partial charge < -0.3 is 26.4 Å². The van der Waals surface area contributed by atoms with E-state index in [4.69, 9.17) is 28.2 Å². The third-order valence-electron chi connectivity index (χ3n) is 5.53. The van der Waals surface area contributed by atoms with Gasteiger partial charge in [0.15, 0.2) is 0 Å². The molecule has 1 atom stereocenters. The molecule has 1 saturated heterocycles. The molecular formula is C23H25ClN6O2. The summed E-state index contributed by atoms with van der Waals surface area (Å²) in [5.74, 6) is -0.0141. The minimum Gasteiger partial charge on any atom is -0.480 e. The Balaban J connectivity index is 1.47. The molecule has 0 radical (unpaired) electrons. The first-order chi connectivity index (χ1) is 15.4. The van der Waals surface area contributed by atoms with E-state index in [0.29, 0.717) is 0 Å². The first-order valence-corrected chi connectivity index (χ1v) is 10.7. The molecule has 2 heterocycles. The molecule has 5 N–H and O–H groups in total. The first kappa shape index (κ1) is 21.9. The normalized spacial score (nSPS) is 14.9. The number of aromatic nitrogens is 2. The van der Waals surface area contributed by atoms with Crippen LogP contribution in [0.4, 0.5) is 17.5 Å². The van der Waals surface area contributed by atoms with Crippen LogP contribution in [0.3, 0.4) is 0 Å². The zero-order valence-electron chi connectivity index (χ0n) is 17.5. The second-order valence-corrected chi connectivity index (χ2v) is 8.21. The van der Waals surface area contributed by atoms with Crippen LogP contribution < -0.4 is 21.3 Å². The molecule has 1 aromatic heterocycles. The number of carboxylic acids is 1. The molecule has 2 aromatic carbocycles. The Morgan fingerprint density at radius 1 is 1.03 bits per heavy atom. The summed E-state index contributed by atoms with van der Waals surface area (Å²) in [6.45, 7) is 3.29. The van der Waals surface area contributed by atoms with E-state index in [1.807, 2.05) is 48.5 Å². The lowest BCUT2D eigenvalue weighted by Gasteiger charge is -2.36. The number of carbonyl (C=O) groups is 1. The number of aliphatic carboxylic acids is 1. The van der Waals surface area contributed by atoms with Gasteiger partial charge in [0.2, 0.25) is 5.95 Å². The molecular weight excluding hydrogens is 428 g/mol. The third-order valence-corrected chi connectivity index (χ3v) is 5.76. The Hall–Kier alpha value is -3.36. The van der Waals surface area contributed by atoms with E-state index < -0.39 is 12.0 Å². The van der Waals surface area contributed by atoms with Crippen molar-refractivity contribution >= 4 is 35.0 Å². The van der Waals surface area contributed by atoms with Crippen LogP contribution in [-0.2, 0) is 11.2 Å². The largest absolute Gasteiger partial charge is 0.480 e. The number of carboxylic acid groups (broad SMARTS) is 1. The Labute approximate surface area is 191 Å². The number of nitrogens with two attached hydrogens (primary N) is 2. The molecule has 32 heavy (non-hydrogen) atoms. The highest BCUT2D eigenvalue weighted by atomic mass is 35.5. The van der Waals surface area contributed by atoms with Crippen molar-refractivity contribution < 1.29 is 9.90 Å². The van der Waals surface area contributed by atoms with E-state index in [9.17, 15) is 4.79 Å². The molecule has 0 bridgehead atoms. The summed E-state index contributed by atoms with van der Waals surface area (Å²) in [5, 5.41) is 9.72. The smallest absolute Gasteiger partial charge is 0.320 e. The number of hydrogen-bond acceptors (Lipinski definition) is 7. The van der Waals surface area contributed by atoms with Crippen molar-refractivity contribution in [3.05, 3.63) is 65.2 Å². The molecule has 8 nitrogen and oxygen atoms in total. The van der Waals surface area contributed by atoms with E-state index in [1.54, 1.807) is 0 Å².